The zero-order chi connectivity index (χ0) is 12.4. The minimum absolute atomic E-state index is 0.283. The summed E-state index contributed by atoms with van der Waals surface area (Å²) in [6.07, 6.45) is 5.14. The molecule has 0 bridgehead atoms. The highest BCUT2D eigenvalue weighted by Crippen LogP contribution is 2.26. The van der Waals surface area contributed by atoms with E-state index in [2.05, 4.69) is 40.6 Å². The van der Waals surface area contributed by atoms with Gasteiger partial charge in [0.25, 0.3) is 0 Å². The number of anilines is 1. The molecule has 18 heavy (non-hydrogen) atoms. The van der Waals surface area contributed by atoms with E-state index in [0.717, 1.165) is 5.13 Å². The number of rotatable bonds is 3. The van der Waals surface area contributed by atoms with Gasteiger partial charge in [0.1, 0.15) is 5.51 Å². The summed E-state index contributed by atoms with van der Waals surface area (Å²) in [5.41, 5.74) is 6.16. The molecule has 94 valence electrons. The van der Waals surface area contributed by atoms with Crippen molar-refractivity contribution in [1.29, 1.82) is 0 Å². The normalized spacial score (nSPS) is 16.1. The number of benzene rings is 1. The van der Waals surface area contributed by atoms with Gasteiger partial charge in [-0.25, -0.2) is 0 Å². The molecule has 1 aliphatic rings. The average Bonchev–Trinajstić information content (AvgIpc) is 2.91. The minimum atomic E-state index is 0.283. The van der Waals surface area contributed by atoms with Crippen molar-refractivity contribution < 1.29 is 0 Å². The molecule has 1 heterocycles. The van der Waals surface area contributed by atoms with Crippen LogP contribution in [0.3, 0.4) is 0 Å². The van der Waals surface area contributed by atoms with E-state index in [1.54, 1.807) is 16.8 Å². The van der Waals surface area contributed by atoms with E-state index in [4.69, 9.17) is 0 Å². The molecule has 0 saturated heterocycles. The molecule has 1 unspecified atom stereocenters. The summed E-state index contributed by atoms with van der Waals surface area (Å²) in [4.78, 5) is 0. The van der Waals surface area contributed by atoms with Gasteiger partial charge in [-0.05, 0) is 49.3 Å². The molecule has 1 aromatic heterocycles. The number of hydrogen-bond acceptors (Lipinski definition) is 4. The maximum atomic E-state index is 4.03. The van der Waals surface area contributed by atoms with Gasteiger partial charge in [-0.2, -0.15) is 0 Å². The van der Waals surface area contributed by atoms with Gasteiger partial charge in [0.2, 0.25) is 5.13 Å². The zero-order valence-corrected chi connectivity index (χ0v) is 11.3. The monoisotopic (exact) mass is 259 g/mol. The van der Waals surface area contributed by atoms with Crippen LogP contribution in [0.2, 0.25) is 0 Å². The molecule has 1 N–H and O–H groups in total. The molecule has 1 aliphatic carbocycles. The first-order chi connectivity index (χ1) is 8.83. The molecule has 0 fully saturated rings. The lowest BCUT2D eigenvalue weighted by molar-refractivity contribution is 0.683. The van der Waals surface area contributed by atoms with E-state index in [1.165, 1.54) is 42.4 Å². The van der Waals surface area contributed by atoms with Crippen LogP contribution in [0, 0.1) is 0 Å². The van der Waals surface area contributed by atoms with Crippen LogP contribution in [0.25, 0.3) is 0 Å². The minimum Gasteiger partial charge on any atom is -0.354 e. The molecule has 0 saturated carbocycles. The lowest BCUT2D eigenvalue weighted by atomic mass is 9.89. The summed E-state index contributed by atoms with van der Waals surface area (Å²) in [5.74, 6) is 0. The number of hydrogen-bond donors (Lipinski definition) is 1. The average molecular weight is 259 g/mol. The van der Waals surface area contributed by atoms with E-state index in [-0.39, 0.29) is 6.04 Å². The standard InChI is InChI=1S/C14H17N3S/c1-10(16-14-17-15-9-18-14)12-7-6-11-4-2-3-5-13(11)8-12/h6-10H,2-5H2,1H3,(H,16,17). The second-order valence-electron chi connectivity index (χ2n) is 4.85. The van der Waals surface area contributed by atoms with Crippen LogP contribution in [0.5, 0.6) is 0 Å². The lowest BCUT2D eigenvalue weighted by Gasteiger charge is -2.19. The van der Waals surface area contributed by atoms with Crippen LogP contribution in [0.15, 0.2) is 23.7 Å². The van der Waals surface area contributed by atoms with Gasteiger partial charge < -0.3 is 5.32 Å². The van der Waals surface area contributed by atoms with Crippen LogP contribution in [-0.2, 0) is 12.8 Å². The summed E-state index contributed by atoms with van der Waals surface area (Å²) in [5, 5.41) is 12.2. The largest absolute Gasteiger partial charge is 0.354 e. The van der Waals surface area contributed by atoms with Gasteiger partial charge in [-0.3, -0.25) is 0 Å². The Kier molecular flexibility index (Phi) is 3.28. The van der Waals surface area contributed by atoms with Crippen molar-refractivity contribution in [2.45, 2.75) is 38.6 Å². The van der Waals surface area contributed by atoms with E-state index < -0.39 is 0 Å². The first-order valence-electron chi connectivity index (χ1n) is 6.47. The fourth-order valence-corrected chi connectivity index (χ4v) is 3.06. The topological polar surface area (TPSA) is 37.8 Å². The Morgan fingerprint density at radius 2 is 2.06 bits per heavy atom. The van der Waals surface area contributed by atoms with E-state index in [9.17, 15) is 0 Å². The summed E-state index contributed by atoms with van der Waals surface area (Å²) in [7, 11) is 0. The molecule has 4 heteroatoms. The van der Waals surface area contributed by atoms with Gasteiger partial charge in [0.05, 0.1) is 6.04 Å². The van der Waals surface area contributed by atoms with Crippen molar-refractivity contribution in [3.8, 4) is 0 Å². The summed E-state index contributed by atoms with van der Waals surface area (Å²) in [6.45, 7) is 2.17. The van der Waals surface area contributed by atoms with Crippen LogP contribution in [0.4, 0.5) is 5.13 Å². The second kappa shape index (κ2) is 5.06. The van der Waals surface area contributed by atoms with E-state index in [0.29, 0.717) is 0 Å². The first-order valence-corrected chi connectivity index (χ1v) is 7.35. The highest BCUT2D eigenvalue weighted by atomic mass is 32.1. The molecule has 3 rings (SSSR count). The Bertz CT molecular complexity index is 522. The Hall–Kier alpha value is -1.42. The fraction of sp³-hybridized carbons (Fsp3) is 0.429. The Morgan fingerprint density at radius 1 is 1.22 bits per heavy atom. The molecule has 3 nitrogen and oxygen atoms in total. The third kappa shape index (κ3) is 2.38. The molecule has 2 aromatic rings. The highest BCUT2D eigenvalue weighted by Gasteiger charge is 2.12. The molecule has 0 radical (unpaired) electrons. The van der Waals surface area contributed by atoms with E-state index in [1.807, 2.05) is 0 Å². The van der Waals surface area contributed by atoms with Crippen LogP contribution >= 0.6 is 11.3 Å². The third-order valence-corrected chi connectivity index (χ3v) is 4.20. The van der Waals surface area contributed by atoms with Gasteiger partial charge >= 0.3 is 0 Å². The molecule has 0 aliphatic heterocycles. The lowest BCUT2D eigenvalue weighted by Crippen LogP contribution is -2.09. The smallest absolute Gasteiger partial charge is 0.205 e. The first kappa shape index (κ1) is 11.7. The third-order valence-electron chi connectivity index (χ3n) is 3.57. The van der Waals surface area contributed by atoms with Gasteiger partial charge in [-0.1, -0.05) is 29.5 Å². The van der Waals surface area contributed by atoms with Crippen molar-refractivity contribution in [3.63, 3.8) is 0 Å². The summed E-state index contributed by atoms with van der Waals surface area (Å²) < 4.78 is 0. The second-order valence-corrected chi connectivity index (χ2v) is 5.68. The Balaban J connectivity index is 1.79. The number of nitrogens with zero attached hydrogens (tertiary/aromatic N) is 2. The van der Waals surface area contributed by atoms with Crippen molar-refractivity contribution in [2.75, 3.05) is 5.32 Å². The zero-order valence-electron chi connectivity index (χ0n) is 10.5. The van der Waals surface area contributed by atoms with Gasteiger partial charge in [0, 0.05) is 0 Å². The summed E-state index contributed by atoms with van der Waals surface area (Å²) >= 11 is 1.54. The predicted molar refractivity (Wildman–Crippen MR) is 75.0 cm³/mol. The number of fused-ring (bicyclic) bond motifs is 1. The van der Waals surface area contributed by atoms with Crippen LogP contribution < -0.4 is 5.32 Å². The fourth-order valence-electron chi connectivity index (χ4n) is 2.53. The predicted octanol–water partition coefficient (Wildman–Crippen LogP) is 3.59. The molecule has 0 amide bonds. The van der Waals surface area contributed by atoms with E-state index >= 15 is 0 Å². The van der Waals surface area contributed by atoms with Crippen molar-refractivity contribution in [1.82, 2.24) is 10.2 Å². The summed E-state index contributed by atoms with van der Waals surface area (Å²) in [6, 6.07) is 7.17. The maximum absolute atomic E-state index is 4.03. The van der Waals surface area contributed by atoms with Crippen molar-refractivity contribution in [2.24, 2.45) is 0 Å². The number of aryl methyl sites for hydroxylation is 2. The van der Waals surface area contributed by atoms with Crippen molar-refractivity contribution in [3.05, 3.63) is 40.4 Å². The highest BCUT2D eigenvalue weighted by molar-refractivity contribution is 7.13. The molecule has 1 aromatic carbocycles. The van der Waals surface area contributed by atoms with Crippen LogP contribution in [-0.4, -0.2) is 10.2 Å². The van der Waals surface area contributed by atoms with Crippen molar-refractivity contribution >= 4 is 16.5 Å². The molecule has 0 spiro atoms. The molecule has 1 atom stereocenters. The SMILES string of the molecule is CC(Nc1nncs1)c1ccc2c(c1)CCCC2. The van der Waals surface area contributed by atoms with Gasteiger partial charge in [0.15, 0.2) is 0 Å². The Morgan fingerprint density at radius 3 is 2.83 bits per heavy atom. The van der Waals surface area contributed by atoms with Crippen LogP contribution in [0.1, 0.15) is 42.5 Å². The number of nitrogens with one attached hydrogen (secondary N) is 1. The van der Waals surface area contributed by atoms with Gasteiger partial charge in [-0.15, -0.1) is 10.2 Å². The molecular weight excluding hydrogens is 242 g/mol. The number of aromatic nitrogens is 2. The maximum Gasteiger partial charge on any atom is 0.205 e. The molecular formula is C14H17N3S. The Labute approximate surface area is 111 Å². The quantitative estimate of drug-likeness (QED) is 0.915.